The van der Waals surface area contributed by atoms with Gasteiger partial charge < -0.3 is 10.4 Å². The van der Waals surface area contributed by atoms with Crippen molar-refractivity contribution < 1.29 is 14.7 Å². The number of carboxylic acids is 1. The highest BCUT2D eigenvalue weighted by Crippen LogP contribution is 2.37. The van der Waals surface area contributed by atoms with Crippen LogP contribution in [0.4, 0.5) is 0 Å². The summed E-state index contributed by atoms with van der Waals surface area (Å²) in [6.07, 6.45) is 2.03. The molecule has 1 fully saturated rings. The van der Waals surface area contributed by atoms with Crippen LogP contribution in [0.15, 0.2) is 0 Å². The van der Waals surface area contributed by atoms with Gasteiger partial charge in [0.2, 0.25) is 5.82 Å². The average Bonchev–Trinajstić information content (AvgIpc) is 2.95. The van der Waals surface area contributed by atoms with Crippen LogP contribution in [0.25, 0.3) is 0 Å². The summed E-state index contributed by atoms with van der Waals surface area (Å²) in [4.78, 5) is 26.2. The number of carboxylic acid groups (broad SMARTS) is 1. The summed E-state index contributed by atoms with van der Waals surface area (Å²) in [5.41, 5.74) is 0. The molecule has 1 saturated carbocycles. The number of aliphatic carboxylic acids is 1. The molecule has 92 valence electrons. The largest absolute Gasteiger partial charge is 0.481 e. The highest BCUT2D eigenvalue weighted by atomic mass is 16.4. The van der Waals surface area contributed by atoms with Crippen LogP contribution in [0.5, 0.6) is 0 Å². The number of hydrogen-bond acceptors (Lipinski definition) is 4. The third-order valence-electron chi connectivity index (χ3n) is 2.53. The molecule has 0 spiro atoms. The lowest BCUT2D eigenvalue weighted by atomic mass is 10.2. The minimum atomic E-state index is -0.952. The van der Waals surface area contributed by atoms with Crippen molar-refractivity contribution in [3.05, 3.63) is 11.6 Å². The van der Waals surface area contributed by atoms with Crippen molar-refractivity contribution in [3.63, 3.8) is 0 Å². The maximum absolute atomic E-state index is 11.6. The number of aromatic amines is 1. The number of carbonyl (C=O) groups is 2. The quantitative estimate of drug-likeness (QED) is 0.682. The Labute approximate surface area is 97.6 Å². The van der Waals surface area contributed by atoms with Crippen LogP contribution >= 0.6 is 0 Å². The molecule has 7 nitrogen and oxygen atoms in total. The molecule has 1 unspecified atom stereocenters. The number of aromatic nitrogens is 3. The van der Waals surface area contributed by atoms with E-state index < -0.39 is 17.9 Å². The minimum Gasteiger partial charge on any atom is -0.481 e. The molecule has 3 N–H and O–H groups in total. The van der Waals surface area contributed by atoms with E-state index in [1.54, 1.807) is 6.92 Å². The van der Waals surface area contributed by atoms with Crippen molar-refractivity contribution in [3.8, 4) is 0 Å². The van der Waals surface area contributed by atoms with Gasteiger partial charge in [0.15, 0.2) is 0 Å². The predicted octanol–water partition coefficient (Wildman–Crippen LogP) is 0.275. The first kappa shape index (κ1) is 11.6. The monoisotopic (exact) mass is 238 g/mol. The van der Waals surface area contributed by atoms with Crippen molar-refractivity contribution in [2.45, 2.75) is 38.1 Å². The van der Waals surface area contributed by atoms with Gasteiger partial charge in [0.1, 0.15) is 5.82 Å². The standard InChI is InChI=1S/C10H14N4O3/c1-5(4-7(15)16)11-10(17)9-12-8(13-14-9)6-2-3-6/h5-6H,2-4H2,1H3,(H,11,17)(H,15,16)(H,12,13,14). The molecule has 0 saturated heterocycles. The number of hydrogen-bond donors (Lipinski definition) is 3. The summed E-state index contributed by atoms with van der Waals surface area (Å²) in [5.74, 6) is -0.181. The van der Waals surface area contributed by atoms with Gasteiger partial charge in [-0.25, -0.2) is 4.98 Å². The molecular weight excluding hydrogens is 224 g/mol. The molecule has 7 heteroatoms. The maximum Gasteiger partial charge on any atom is 0.305 e. The van der Waals surface area contributed by atoms with Crippen LogP contribution in [0, 0.1) is 0 Å². The Balaban J connectivity index is 1.91. The SMILES string of the molecule is CC(CC(=O)O)NC(=O)c1n[nH]c(C2CC2)n1. The molecule has 0 bridgehead atoms. The van der Waals surface area contributed by atoms with E-state index in [2.05, 4.69) is 20.5 Å². The molecule has 1 aliphatic rings. The van der Waals surface area contributed by atoms with Crippen molar-refractivity contribution >= 4 is 11.9 Å². The van der Waals surface area contributed by atoms with Gasteiger partial charge in [-0.2, -0.15) is 0 Å². The maximum atomic E-state index is 11.6. The minimum absolute atomic E-state index is 0.0733. The molecular formula is C10H14N4O3. The van der Waals surface area contributed by atoms with E-state index in [1.165, 1.54) is 0 Å². The smallest absolute Gasteiger partial charge is 0.305 e. The van der Waals surface area contributed by atoms with E-state index in [1.807, 2.05) is 0 Å². The second-order valence-corrected chi connectivity index (χ2v) is 4.29. The van der Waals surface area contributed by atoms with E-state index in [-0.39, 0.29) is 12.2 Å². The van der Waals surface area contributed by atoms with Crippen molar-refractivity contribution in [2.75, 3.05) is 0 Å². The van der Waals surface area contributed by atoms with E-state index in [0.29, 0.717) is 5.92 Å². The number of carbonyl (C=O) groups excluding carboxylic acids is 1. The van der Waals surface area contributed by atoms with Gasteiger partial charge in [-0.1, -0.05) is 0 Å². The summed E-state index contributed by atoms with van der Waals surface area (Å²) < 4.78 is 0. The molecule has 17 heavy (non-hydrogen) atoms. The fourth-order valence-electron chi connectivity index (χ4n) is 1.52. The molecule has 0 radical (unpaired) electrons. The second-order valence-electron chi connectivity index (χ2n) is 4.29. The van der Waals surface area contributed by atoms with Gasteiger partial charge >= 0.3 is 5.97 Å². The summed E-state index contributed by atoms with van der Waals surface area (Å²) in [7, 11) is 0. The van der Waals surface area contributed by atoms with Crippen LogP contribution in [-0.2, 0) is 4.79 Å². The van der Waals surface area contributed by atoms with Crippen molar-refractivity contribution in [1.82, 2.24) is 20.5 Å². The number of nitrogens with zero attached hydrogens (tertiary/aromatic N) is 2. The van der Waals surface area contributed by atoms with E-state index in [0.717, 1.165) is 18.7 Å². The van der Waals surface area contributed by atoms with E-state index in [9.17, 15) is 9.59 Å². The van der Waals surface area contributed by atoms with Crippen LogP contribution in [-0.4, -0.2) is 38.2 Å². The Morgan fingerprint density at radius 3 is 2.88 bits per heavy atom. The van der Waals surface area contributed by atoms with Crippen molar-refractivity contribution in [2.24, 2.45) is 0 Å². The number of rotatable bonds is 5. The zero-order valence-electron chi connectivity index (χ0n) is 9.43. The normalized spacial score (nSPS) is 16.5. The molecule has 2 rings (SSSR count). The zero-order chi connectivity index (χ0) is 12.4. The number of nitrogens with one attached hydrogen (secondary N) is 2. The Morgan fingerprint density at radius 1 is 1.59 bits per heavy atom. The number of amides is 1. The van der Waals surface area contributed by atoms with Gasteiger partial charge in [0, 0.05) is 12.0 Å². The number of H-pyrrole nitrogens is 1. The van der Waals surface area contributed by atoms with Crippen LogP contribution in [0.1, 0.15) is 48.5 Å². The lowest BCUT2D eigenvalue weighted by molar-refractivity contribution is -0.137. The van der Waals surface area contributed by atoms with Gasteiger partial charge in [0.05, 0.1) is 6.42 Å². The van der Waals surface area contributed by atoms with Crippen molar-refractivity contribution in [1.29, 1.82) is 0 Å². The molecule has 1 aromatic heterocycles. The second kappa shape index (κ2) is 4.52. The lowest BCUT2D eigenvalue weighted by Gasteiger charge is -2.08. The Morgan fingerprint density at radius 2 is 2.29 bits per heavy atom. The first-order valence-corrected chi connectivity index (χ1v) is 5.51. The average molecular weight is 238 g/mol. The summed E-state index contributed by atoms with van der Waals surface area (Å²) in [5, 5.41) is 17.6. The van der Waals surface area contributed by atoms with Gasteiger partial charge in [-0.3, -0.25) is 14.7 Å². The van der Waals surface area contributed by atoms with E-state index in [4.69, 9.17) is 5.11 Å². The Hall–Kier alpha value is -1.92. The molecule has 1 amide bonds. The molecule has 1 atom stereocenters. The van der Waals surface area contributed by atoms with E-state index >= 15 is 0 Å². The molecule has 1 aromatic rings. The lowest BCUT2D eigenvalue weighted by Crippen LogP contribution is -2.34. The summed E-state index contributed by atoms with van der Waals surface area (Å²) in [6.45, 7) is 1.63. The van der Waals surface area contributed by atoms with Gasteiger partial charge in [-0.05, 0) is 19.8 Å². The fourth-order valence-corrected chi connectivity index (χ4v) is 1.52. The first-order valence-electron chi connectivity index (χ1n) is 5.51. The van der Waals surface area contributed by atoms with Crippen LogP contribution in [0.3, 0.4) is 0 Å². The molecule has 1 aliphatic carbocycles. The molecule has 1 heterocycles. The molecule has 0 aliphatic heterocycles. The fraction of sp³-hybridized carbons (Fsp3) is 0.600. The highest BCUT2D eigenvalue weighted by Gasteiger charge is 2.28. The highest BCUT2D eigenvalue weighted by molar-refractivity contribution is 5.90. The Bertz CT molecular complexity index is 439. The Kier molecular flexibility index (Phi) is 3.08. The zero-order valence-corrected chi connectivity index (χ0v) is 9.43. The topological polar surface area (TPSA) is 108 Å². The van der Waals surface area contributed by atoms with Crippen LogP contribution < -0.4 is 5.32 Å². The summed E-state index contributed by atoms with van der Waals surface area (Å²) >= 11 is 0. The van der Waals surface area contributed by atoms with Crippen LogP contribution in [0.2, 0.25) is 0 Å². The summed E-state index contributed by atoms with van der Waals surface area (Å²) in [6, 6.07) is -0.442. The third-order valence-corrected chi connectivity index (χ3v) is 2.53. The predicted molar refractivity (Wildman–Crippen MR) is 57.5 cm³/mol. The van der Waals surface area contributed by atoms with Gasteiger partial charge in [0.25, 0.3) is 5.91 Å². The first-order chi connectivity index (χ1) is 8.06. The molecule has 0 aromatic carbocycles. The van der Waals surface area contributed by atoms with Gasteiger partial charge in [-0.15, -0.1) is 5.10 Å². The third kappa shape index (κ3) is 3.02.